The van der Waals surface area contributed by atoms with E-state index >= 15 is 0 Å². The van der Waals surface area contributed by atoms with Gasteiger partial charge in [0.2, 0.25) is 5.88 Å². The van der Waals surface area contributed by atoms with Crippen molar-refractivity contribution >= 4 is 10.8 Å². The Kier molecular flexibility index (Phi) is 2.48. The molecule has 2 aromatic heterocycles. The van der Waals surface area contributed by atoms with Crippen LogP contribution in [-0.2, 0) is 0 Å². The molecule has 0 radical (unpaired) electrons. The third-order valence-corrected chi connectivity index (χ3v) is 3.08. The van der Waals surface area contributed by atoms with Gasteiger partial charge in [-0.05, 0) is 30.0 Å². The van der Waals surface area contributed by atoms with E-state index in [0.717, 1.165) is 16.8 Å². The van der Waals surface area contributed by atoms with Crippen LogP contribution in [0.3, 0.4) is 0 Å². The monoisotopic (exact) mass is 239 g/mol. The summed E-state index contributed by atoms with van der Waals surface area (Å²) in [6.07, 6.45) is 3.60. The van der Waals surface area contributed by atoms with E-state index in [1.807, 2.05) is 19.2 Å². The minimum Gasteiger partial charge on any atom is -0.481 e. The molecular formula is C14H13N3O. The van der Waals surface area contributed by atoms with Crippen molar-refractivity contribution in [3.8, 4) is 17.0 Å². The molecule has 4 heteroatoms. The number of H-pyrrole nitrogens is 1. The first-order valence-electron chi connectivity index (χ1n) is 5.72. The predicted octanol–water partition coefficient (Wildman–Crippen LogP) is 2.94. The highest BCUT2D eigenvalue weighted by Gasteiger charge is 2.08. The zero-order valence-electron chi connectivity index (χ0n) is 10.3. The van der Waals surface area contributed by atoms with Crippen LogP contribution in [0, 0.1) is 6.92 Å². The minimum atomic E-state index is 0.681. The molecule has 0 fully saturated rings. The number of aromatic amines is 1. The zero-order chi connectivity index (χ0) is 12.5. The average molecular weight is 239 g/mol. The summed E-state index contributed by atoms with van der Waals surface area (Å²) in [4.78, 5) is 4.29. The first-order chi connectivity index (χ1) is 8.79. The molecule has 3 rings (SSSR count). The number of aryl methyl sites for hydroxylation is 1. The van der Waals surface area contributed by atoms with Gasteiger partial charge in [0.25, 0.3) is 0 Å². The molecule has 0 unspecified atom stereocenters. The predicted molar refractivity (Wildman–Crippen MR) is 70.6 cm³/mol. The van der Waals surface area contributed by atoms with Crippen molar-refractivity contribution in [2.45, 2.75) is 6.92 Å². The third kappa shape index (κ3) is 1.62. The Morgan fingerprint density at radius 1 is 1.22 bits per heavy atom. The number of fused-ring (bicyclic) bond motifs is 1. The van der Waals surface area contributed by atoms with Gasteiger partial charge in [-0.1, -0.05) is 12.1 Å². The summed E-state index contributed by atoms with van der Waals surface area (Å²) in [7, 11) is 1.63. The Morgan fingerprint density at radius 3 is 2.94 bits per heavy atom. The summed E-state index contributed by atoms with van der Waals surface area (Å²) in [6.45, 7) is 2.01. The number of methoxy groups -OCH3 is 1. The second-order valence-electron chi connectivity index (χ2n) is 4.15. The second-order valence-corrected chi connectivity index (χ2v) is 4.15. The van der Waals surface area contributed by atoms with Crippen molar-refractivity contribution in [2.75, 3.05) is 7.11 Å². The number of ether oxygens (including phenoxy) is 1. The first kappa shape index (κ1) is 10.8. The number of pyridine rings is 1. The summed E-state index contributed by atoms with van der Waals surface area (Å²) < 4.78 is 5.25. The fraction of sp³-hybridized carbons (Fsp3) is 0.143. The van der Waals surface area contributed by atoms with E-state index in [1.165, 1.54) is 10.8 Å². The molecule has 2 heterocycles. The van der Waals surface area contributed by atoms with Crippen LogP contribution in [0.2, 0.25) is 0 Å². The number of nitrogens with zero attached hydrogens (tertiary/aromatic N) is 2. The molecule has 3 aromatic rings. The fourth-order valence-corrected chi connectivity index (χ4v) is 2.13. The Labute approximate surface area is 105 Å². The third-order valence-electron chi connectivity index (χ3n) is 3.08. The molecule has 0 saturated carbocycles. The normalized spacial score (nSPS) is 10.8. The number of hydrogen-bond acceptors (Lipinski definition) is 3. The smallest absolute Gasteiger partial charge is 0.216 e. The number of nitrogens with one attached hydrogen (secondary N) is 1. The van der Waals surface area contributed by atoms with Crippen LogP contribution in [0.5, 0.6) is 5.88 Å². The summed E-state index contributed by atoms with van der Waals surface area (Å²) in [5.41, 5.74) is 3.09. The van der Waals surface area contributed by atoms with Crippen molar-refractivity contribution in [2.24, 2.45) is 0 Å². The Hall–Kier alpha value is -2.36. The average Bonchev–Trinajstić information content (AvgIpc) is 2.87. The molecule has 0 spiro atoms. The summed E-state index contributed by atoms with van der Waals surface area (Å²) in [6, 6.07) is 8.28. The van der Waals surface area contributed by atoms with Crippen LogP contribution < -0.4 is 4.74 Å². The molecule has 1 aromatic carbocycles. The maximum Gasteiger partial charge on any atom is 0.216 e. The van der Waals surface area contributed by atoms with Gasteiger partial charge in [0.1, 0.15) is 0 Å². The molecule has 4 nitrogen and oxygen atoms in total. The maximum atomic E-state index is 5.25. The molecule has 0 atom stereocenters. The molecule has 1 N–H and O–H groups in total. The van der Waals surface area contributed by atoms with E-state index in [2.05, 4.69) is 33.4 Å². The van der Waals surface area contributed by atoms with Gasteiger partial charge in [0.05, 0.1) is 18.9 Å². The van der Waals surface area contributed by atoms with Gasteiger partial charge in [0.15, 0.2) is 0 Å². The molecule has 0 saturated heterocycles. The highest BCUT2D eigenvalue weighted by molar-refractivity contribution is 5.89. The van der Waals surface area contributed by atoms with E-state index in [9.17, 15) is 0 Å². The highest BCUT2D eigenvalue weighted by atomic mass is 16.5. The van der Waals surface area contributed by atoms with Gasteiger partial charge in [-0.25, -0.2) is 5.10 Å². The topological polar surface area (TPSA) is 50.8 Å². The SMILES string of the molecule is COc1[nH]ncc1-c1ccc2c(C)nccc2c1. The lowest BCUT2D eigenvalue weighted by atomic mass is 10.0. The van der Waals surface area contributed by atoms with E-state index in [4.69, 9.17) is 4.74 Å². The van der Waals surface area contributed by atoms with Crippen molar-refractivity contribution in [1.29, 1.82) is 0 Å². The van der Waals surface area contributed by atoms with Gasteiger partial charge < -0.3 is 4.74 Å². The standard InChI is InChI=1S/C14H13N3O/c1-9-12-4-3-10(7-11(12)5-6-15-9)13-8-16-17-14(13)18-2/h3-8H,1-2H3,(H,16,17). The molecule has 90 valence electrons. The zero-order valence-corrected chi connectivity index (χ0v) is 10.3. The molecule has 0 aliphatic carbocycles. The largest absolute Gasteiger partial charge is 0.481 e. The lowest BCUT2D eigenvalue weighted by Gasteiger charge is -2.05. The van der Waals surface area contributed by atoms with Crippen molar-refractivity contribution < 1.29 is 4.74 Å². The van der Waals surface area contributed by atoms with E-state index < -0.39 is 0 Å². The summed E-state index contributed by atoms with van der Waals surface area (Å²) in [5, 5.41) is 9.17. The number of benzene rings is 1. The maximum absolute atomic E-state index is 5.25. The number of rotatable bonds is 2. The summed E-state index contributed by atoms with van der Waals surface area (Å²) >= 11 is 0. The Morgan fingerprint density at radius 2 is 2.11 bits per heavy atom. The minimum absolute atomic E-state index is 0.681. The summed E-state index contributed by atoms with van der Waals surface area (Å²) in [5.74, 6) is 0.681. The quantitative estimate of drug-likeness (QED) is 0.748. The first-order valence-corrected chi connectivity index (χ1v) is 5.72. The van der Waals surface area contributed by atoms with Crippen LogP contribution in [0.4, 0.5) is 0 Å². The highest BCUT2D eigenvalue weighted by Crippen LogP contribution is 2.30. The van der Waals surface area contributed by atoms with E-state index in [1.54, 1.807) is 13.3 Å². The van der Waals surface area contributed by atoms with Crippen LogP contribution >= 0.6 is 0 Å². The Bertz CT molecular complexity index is 703. The van der Waals surface area contributed by atoms with Crippen LogP contribution in [0.1, 0.15) is 5.69 Å². The molecule has 18 heavy (non-hydrogen) atoms. The van der Waals surface area contributed by atoms with Crippen LogP contribution in [0.25, 0.3) is 21.9 Å². The molecule has 0 amide bonds. The molecule has 0 aliphatic rings. The number of aromatic nitrogens is 3. The second kappa shape index (κ2) is 4.14. The van der Waals surface area contributed by atoms with E-state index in [-0.39, 0.29) is 0 Å². The van der Waals surface area contributed by atoms with Gasteiger partial charge in [-0.15, -0.1) is 0 Å². The lowest BCUT2D eigenvalue weighted by molar-refractivity contribution is 0.398. The van der Waals surface area contributed by atoms with Crippen LogP contribution in [-0.4, -0.2) is 22.3 Å². The van der Waals surface area contributed by atoms with Gasteiger partial charge in [-0.3, -0.25) is 4.98 Å². The van der Waals surface area contributed by atoms with Gasteiger partial charge in [-0.2, -0.15) is 5.10 Å². The Balaban J connectivity index is 2.20. The molecule has 0 aliphatic heterocycles. The lowest BCUT2D eigenvalue weighted by Crippen LogP contribution is -1.87. The van der Waals surface area contributed by atoms with E-state index in [0.29, 0.717) is 5.88 Å². The van der Waals surface area contributed by atoms with Crippen molar-refractivity contribution in [3.63, 3.8) is 0 Å². The molecule has 0 bridgehead atoms. The molecular weight excluding hydrogens is 226 g/mol. The van der Waals surface area contributed by atoms with Gasteiger partial charge >= 0.3 is 0 Å². The van der Waals surface area contributed by atoms with Crippen molar-refractivity contribution in [3.05, 3.63) is 42.4 Å². The van der Waals surface area contributed by atoms with Crippen molar-refractivity contribution in [1.82, 2.24) is 15.2 Å². The number of hydrogen-bond donors (Lipinski definition) is 1. The fourth-order valence-electron chi connectivity index (χ4n) is 2.13. The van der Waals surface area contributed by atoms with Gasteiger partial charge in [0, 0.05) is 17.3 Å². The van der Waals surface area contributed by atoms with Crippen LogP contribution in [0.15, 0.2) is 36.7 Å².